The Bertz CT molecular complexity index is 167. The summed E-state index contributed by atoms with van der Waals surface area (Å²) in [5.41, 5.74) is 5.14. The molecule has 0 saturated carbocycles. The van der Waals surface area contributed by atoms with Gasteiger partial charge < -0.3 is 10.8 Å². The first-order chi connectivity index (χ1) is 7.26. The molecule has 15 heavy (non-hydrogen) atoms. The predicted molar refractivity (Wildman–Crippen MR) is 58.3 cm³/mol. The Balaban J connectivity index is 3.83. The van der Waals surface area contributed by atoms with Gasteiger partial charge in [0.1, 0.15) is 6.73 Å². The Kier molecular flexibility index (Phi) is 9.40. The maximum atomic E-state index is 9.04. The van der Waals surface area contributed by atoms with Gasteiger partial charge in [-0.15, -0.1) is 0 Å². The lowest BCUT2D eigenvalue weighted by Gasteiger charge is -2.22. The van der Waals surface area contributed by atoms with Crippen molar-refractivity contribution in [2.45, 2.75) is 19.4 Å². The molecule has 0 fully saturated rings. The van der Waals surface area contributed by atoms with Crippen molar-refractivity contribution in [1.29, 1.82) is 0 Å². The molecular weight excluding hydrogens is 198 g/mol. The van der Waals surface area contributed by atoms with Crippen molar-refractivity contribution in [2.75, 3.05) is 27.0 Å². The highest BCUT2D eigenvalue weighted by Gasteiger charge is 2.15. The van der Waals surface area contributed by atoms with Crippen LogP contribution in [0.1, 0.15) is 13.3 Å². The molecule has 0 aliphatic carbocycles. The summed E-state index contributed by atoms with van der Waals surface area (Å²) in [6, 6.07) is 0.133. The van der Waals surface area contributed by atoms with Gasteiger partial charge in [0.2, 0.25) is 0 Å². The molecule has 0 amide bonds. The highest BCUT2D eigenvalue weighted by atomic mass is 17.2. The van der Waals surface area contributed by atoms with E-state index in [0.717, 1.165) is 6.42 Å². The number of rotatable bonds is 9. The quantitative estimate of drug-likeness (QED) is 0.121. The topological polar surface area (TPSA) is 89.1 Å². The van der Waals surface area contributed by atoms with Crippen LogP contribution in [0, 0.1) is 5.92 Å². The van der Waals surface area contributed by atoms with Crippen LogP contribution in [0.2, 0.25) is 0 Å². The van der Waals surface area contributed by atoms with Crippen LogP contribution in [0.5, 0.6) is 0 Å². The van der Waals surface area contributed by atoms with E-state index in [9.17, 15) is 0 Å². The number of nitrogens with one attached hydrogen (secondary N) is 1. The standard InChI is InChI=1S/C9H21N3O3/c1-8(5-13)9(3-4-11-6-10)12-7-15-14-2/h6,8-9,12-13H,3-5,7H2,1-2H3,(H2,10,11). The maximum Gasteiger partial charge on any atom is 0.133 e. The molecule has 6 nitrogen and oxygen atoms in total. The van der Waals surface area contributed by atoms with E-state index in [1.54, 1.807) is 0 Å². The van der Waals surface area contributed by atoms with E-state index in [1.807, 2.05) is 6.92 Å². The van der Waals surface area contributed by atoms with Gasteiger partial charge in [-0.1, -0.05) is 6.92 Å². The summed E-state index contributed by atoms with van der Waals surface area (Å²) < 4.78 is 0. The van der Waals surface area contributed by atoms with Gasteiger partial charge in [0.05, 0.1) is 13.4 Å². The van der Waals surface area contributed by atoms with Gasteiger partial charge in [0, 0.05) is 19.2 Å². The number of hydrogen-bond donors (Lipinski definition) is 3. The second-order valence-electron chi connectivity index (χ2n) is 3.24. The lowest BCUT2D eigenvalue weighted by atomic mass is 10.0. The molecule has 4 N–H and O–H groups in total. The first kappa shape index (κ1) is 14.3. The average molecular weight is 219 g/mol. The summed E-state index contributed by atoms with van der Waals surface area (Å²) in [4.78, 5) is 13.1. The van der Waals surface area contributed by atoms with Gasteiger partial charge in [0.25, 0.3) is 0 Å². The molecule has 0 rings (SSSR count). The zero-order valence-electron chi connectivity index (χ0n) is 9.35. The molecule has 0 radical (unpaired) electrons. The zero-order chi connectivity index (χ0) is 11.5. The molecule has 0 heterocycles. The second-order valence-corrected chi connectivity index (χ2v) is 3.24. The lowest BCUT2D eigenvalue weighted by molar-refractivity contribution is -0.278. The summed E-state index contributed by atoms with van der Waals surface area (Å²) in [7, 11) is 1.45. The predicted octanol–water partition coefficient (Wildman–Crippen LogP) is -0.514. The number of aliphatic hydroxyl groups is 1. The SMILES string of the molecule is COOCNC(CCN=CN)C(C)CO. The lowest BCUT2D eigenvalue weighted by Crippen LogP contribution is -2.38. The molecule has 2 atom stereocenters. The highest BCUT2D eigenvalue weighted by Crippen LogP contribution is 2.06. The van der Waals surface area contributed by atoms with Crippen LogP contribution in [0.15, 0.2) is 4.99 Å². The maximum absolute atomic E-state index is 9.04. The molecule has 0 aromatic rings. The molecular formula is C9H21N3O3. The Hall–Kier alpha value is -0.690. The van der Waals surface area contributed by atoms with Gasteiger partial charge in [-0.25, -0.2) is 9.78 Å². The summed E-state index contributed by atoms with van der Waals surface area (Å²) >= 11 is 0. The van der Waals surface area contributed by atoms with Crippen LogP contribution < -0.4 is 11.1 Å². The first-order valence-electron chi connectivity index (χ1n) is 4.96. The molecule has 0 saturated heterocycles. The van der Waals surface area contributed by atoms with Crippen LogP contribution >= 0.6 is 0 Å². The molecule has 6 heteroatoms. The summed E-state index contributed by atoms with van der Waals surface area (Å²) in [6.07, 6.45) is 2.08. The normalized spacial score (nSPS) is 15.7. The molecule has 2 unspecified atom stereocenters. The molecule has 0 aromatic heterocycles. The van der Waals surface area contributed by atoms with Gasteiger partial charge in [-0.2, -0.15) is 0 Å². The van der Waals surface area contributed by atoms with Crippen molar-refractivity contribution in [3.8, 4) is 0 Å². The number of nitrogens with zero attached hydrogens (tertiary/aromatic N) is 1. The van der Waals surface area contributed by atoms with Gasteiger partial charge in [0.15, 0.2) is 0 Å². The number of aliphatic imine (C=N–C) groups is 1. The Morgan fingerprint density at radius 3 is 2.87 bits per heavy atom. The third kappa shape index (κ3) is 7.26. The average Bonchev–Trinajstić information content (AvgIpc) is 2.26. The van der Waals surface area contributed by atoms with Crippen LogP contribution in [0.4, 0.5) is 0 Å². The fourth-order valence-corrected chi connectivity index (χ4v) is 1.20. The largest absolute Gasteiger partial charge is 0.396 e. The molecule has 0 bridgehead atoms. The van der Waals surface area contributed by atoms with Crippen LogP contribution in [-0.2, 0) is 9.78 Å². The van der Waals surface area contributed by atoms with E-state index in [4.69, 9.17) is 15.7 Å². The van der Waals surface area contributed by atoms with E-state index in [0.29, 0.717) is 6.54 Å². The van der Waals surface area contributed by atoms with Crippen molar-refractivity contribution in [3.63, 3.8) is 0 Å². The van der Waals surface area contributed by atoms with Crippen LogP contribution in [-0.4, -0.2) is 44.5 Å². The molecule has 0 aromatic carbocycles. The van der Waals surface area contributed by atoms with E-state index >= 15 is 0 Å². The number of hydrogen-bond acceptors (Lipinski definition) is 5. The van der Waals surface area contributed by atoms with Gasteiger partial charge in [-0.05, 0) is 12.3 Å². The second kappa shape index (κ2) is 9.85. The molecule has 0 aliphatic rings. The van der Waals surface area contributed by atoms with Gasteiger partial charge >= 0.3 is 0 Å². The van der Waals surface area contributed by atoms with Crippen molar-refractivity contribution >= 4 is 6.34 Å². The Labute approximate surface area is 90.4 Å². The zero-order valence-corrected chi connectivity index (χ0v) is 9.35. The molecule has 0 spiro atoms. The summed E-state index contributed by atoms with van der Waals surface area (Å²) in [5.74, 6) is 0.137. The monoisotopic (exact) mass is 219 g/mol. The van der Waals surface area contributed by atoms with E-state index in [1.165, 1.54) is 13.4 Å². The number of aliphatic hydroxyl groups excluding tert-OH is 1. The minimum atomic E-state index is 0.122. The molecule has 0 aliphatic heterocycles. The van der Waals surface area contributed by atoms with Crippen molar-refractivity contribution in [3.05, 3.63) is 0 Å². The fourth-order valence-electron chi connectivity index (χ4n) is 1.20. The van der Waals surface area contributed by atoms with Crippen molar-refractivity contribution in [2.24, 2.45) is 16.6 Å². The van der Waals surface area contributed by atoms with E-state index in [-0.39, 0.29) is 25.3 Å². The smallest absolute Gasteiger partial charge is 0.133 e. The van der Waals surface area contributed by atoms with Crippen LogP contribution in [0.3, 0.4) is 0 Å². The van der Waals surface area contributed by atoms with Gasteiger partial charge in [-0.3, -0.25) is 10.3 Å². The minimum Gasteiger partial charge on any atom is -0.396 e. The first-order valence-corrected chi connectivity index (χ1v) is 4.96. The van der Waals surface area contributed by atoms with Crippen LogP contribution in [0.25, 0.3) is 0 Å². The summed E-state index contributed by atoms with van der Waals surface area (Å²) in [6.45, 7) is 3.00. The number of nitrogens with two attached hydrogens (primary N) is 1. The Morgan fingerprint density at radius 1 is 1.60 bits per heavy atom. The van der Waals surface area contributed by atoms with E-state index < -0.39 is 0 Å². The van der Waals surface area contributed by atoms with E-state index in [2.05, 4.69) is 15.2 Å². The third-order valence-electron chi connectivity index (χ3n) is 2.17. The van der Waals surface area contributed by atoms with Crippen molar-refractivity contribution in [1.82, 2.24) is 5.32 Å². The van der Waals surface area contributed by atoms with Crippen molar-refractivity contribution < 1.29 is 14.9 Å². The minimum absolute atomic E-state index is 0.122. The highest BCUT2D eigenvalue weighted by molar-refractivity contribution is 5.50. The third-order valence-corrected chi connectivity index (χ3v) is 2.17. The fraction of sp³-hybridized carbons (Fsp3) is 0.889. The molecule has 90 valence electrons. The summed E-state index contributed by atoms with van der Waals surface area (Å²) in [5, 5.41) is 12.2. The Morgan fingerprint density at radius 2 is 2.33 bits per heavy atom.